The summed E-state index contributed by atoms with van der Waals surface area (Å²) in [4.78, 5) is 26.7. The van der Waals surface area contributed by atoms with Gasteiger partial charge in [-0.1, -0.05) is 31.4 Å². The maximum absolute atomic E-state index is 12.7. The Balaban J connectivity index is 2.06. The summed E-state index contributed by atoms with van der Waals surface area (Å²) in [5, 5.41) is 11.3. The Labute approximate surface area is 156 Å². The van der Waals surface area contributed by atoms with E-state index in [-0.39, 0.29) is 11.3 Å². The highest BCUT2D eigenvalue weighted by molar-refractivity contribution is 6.46. The maximum Gasteiger partial charge on any atom is 0.295 e. The molecule has 0 spiro atoms. The van der Waals surface area contributed by atoms with Gasteiger partial charge in [-0.2, -0.15) is 0 Å². The zero-order valence-electron chi connectivity index (χ0n) is 14.4. The van der Waals surface area contributed by atoms with Gasteiger partial charge in [0.05, 0.1) is 11.8 Å². The van der Waals surface area contributed by atoms with Crippen molar-refractivity contribution in [1.82, 2.24) is 4.90 Å². The van der Waals surface area contributed by atoms with E-state index in [2.05, 4.69) is 6.92 Å². The zero-order valence-corrected chi connectivity index (χ0v) is 15.2. The molecule has 2 aromatic rings. The lowest BCUT2D eigenvalue weighted by Gasteiger charge is -2.23. The standard InChI is InChI=1S/C20H20ClNO4/c1-2-3-4-11-22-17(15-6-5-12-26-15)16(19(24)20(22)25)18(23)13-7-9-14(21)10-8-13/h5-10,12,17,23H,2-4,11H2,1H3/b18-16-. The second kappa shape index (κ2) is 7.79. The first-order valence-corrected chi connectivity index (χ1v) is 9.00. The number of furan rings is 1. The van der Waals surface area contributed by atoms with E-state index < -0.39 is 17.7 Å². The molecular weight excluding hydrogens is 354 g/mol. The fraction of sp³-hybridized carbons (Fsp3) is 0.300. The second-order valence-corrected chi connectivity index (χ2v) is 6.66. The molecule has 0 aliphatic carbocycles. The van der Waals surface area contributed by atoms with Crippen LogP contribution >= 0.6 is 11.6 Å². The van der Waals surface area contributed by atoms with Gasteiger partial charge >= 0.3 is 0 Å². The summed E-state index contributed by atoms with van der Waals surface area (Å²) in [6.07, 6.45) is 4.22. The lowest BCUT2D eigenvalue weighted by molar-refractivity contribution is -0.140. The van der Waals surface area contributed by atoms with Crippen LogP contribution in [0.3, 0.4) is 0 Å². The van der Waals surface area contributed by atoms with Crippen LogP contribution in [0.4, 0.5) is 0 Å². The molecule has 3 rings (SSSR count). The van der Waals surface area contributed by atoms with E-state index in [4.69, 9.17) is 16.0 Å². The average molecular weight is 374 g/mol. The molecule has 2 heterocycles. The predicted molar refractivity (Wildman–Crippen MR) is 98.7 cm³/mol. The summed E-state index contributed by atoms with van der Waals surface area (Å²) in [5.74, 6) is -1.08. The number of unbranched alkanes of at least 4 members (excludes halogenated alkanes) is 2. The minimum absolute atomic E-state index is 0.0452. The zero-order chi connectivity index (χ0) is 18.7. The molecule has 1 atom stereocenters. The number of hydrogen-bond donors (Lipinski definition) is 1. The highest BCUT2D eigenvalue weighted by Crippen LogP contribution is 2.39. The fourth-order valence-electron chi connectivity index (χ4n) is 3.15. The first-order chi connectivity index (χ1) is 12.5. The van der Waals surface area contributed by atoms with Gasteiger partial charge in [-0.3, -0.25) is 9.59 Å². The Kier molecular flexibility index (Phi) is 5.47. The smallest absolute Gasteiger partial charge is 0.295 e. The van der Waals surface area contributed by atoms with E-state index in [1.807, 2.05) is 0 Å². The second-order valence-electron chi connectivity index (χ2n) is 6.22. The molecule has 1 aromatic heterocycles. The van der Waals surface area contributed by atoms with Gasteiger partial charge in [-0.05, 0) is 42.8 Å². The van der Waals surface area contributed by atoms with Gasteiger partial charge in [0.15, 0.2) is 0 Å². The van der Waals surface area contributed by atoms with E-state index in [1.54, 1.807) is 36.4 Å². The fourth-order valence-corrected chi connectivity index (χ4v) is 3.27. The average Bonchev–Trinajstić information content (AvgIpc) is 3.24. The summed E-state index contributed by atoms with van der Waals surface area (Å²) in [7, 11) is 0. The number of benzene rings is 1. The van der Waals surface area contributed by atoms with Gasteiger partial charge in [0, 0.05) is 17.1 Å². The molecule has 1 aliphatic rings. The monoisotopic (exact) mass is 373 g/mol. The number of carbonyl (C=O) groups excluding carboxylic acids is 2. The van der Waals surface area contributed by atoms with Crippen molar-refractivity contribution in [3.8, 4) is 0 Å². The van der Waals surface area contributed by atoms with Crippen LogP contribution in [-0.2, 0) is 9.59 Å². The number of aliphatic hydroxyl groups is 1. The molecule has 26 heavy (non-hydrogen) atoms. The Morgan fingerprint density at radius 1 is 1.19 bits per heavy atom. The van der Waals surface area contributed by atoms with Gasteiger partial charge < -0.3 is 14.4 Å². The topological polar surface area (TPSA) is 70.8 Å². The van der Waals surface area contributed by atoms with Crippen molar-refractivity contribution in [3.63, 3.8) is 0 Å². The quantitative estimate of drug-likeness (QED) is 0.349. The van der Waals surface area contributed by atoms with Crippen LogP contribution in [0.5, 0.6) is 0 Å². The van der Waals surface area contributed by atoms with E-state index in [0.717, 1.165) is 19.3 Å². The van der Waals surface area contributed by atoms with E-state index in [1.165, 1.54) is 11.2 Å². The number of likely N-dealkylation sites (tertiary alicyclic amines) is 1. The summed E-state index contributed by atoms with van der Waals surface area (Å²) < 4.78 is 5.47. The summed E-state index contributed by atoms with van der Waals surface area (Å²) in [6.45, 7) is 2.50. The number of rotatable bonds is 6. The van der Waals surface area contributed by atoms with Crippen LogP contribution < -0.4 is 0 Å². The minimum atomic E-state index is -0.725. The first kappa shape index (κ1) is 18.3. The van der Waals surface area contributed by atoms with Crippen LogP contribution in [0.1, 0.15) is 43.6 Å². The van der Waals surface area contributed by atoms with Crippen molar-refractivity contribution in [1.29, 1.82) is 0 Å². The number of halogens is 1. The van der Waals surface area contributed by atoms with E-state index >= 15 is 0 Å². The van der Waals surface area contributed by atoms with E-state index in [9.17, 15) is 14.7 Å². The molecule has 0 bridgehead atoms. The number of nitrogens with zero attached hydrogens (tertiary/aromatic N) is 1. The third kappa shape index (κ3) is 3.40. The van der Waals surface area contributed by atoms with Crippen LogP contribution in [0.2, 0.25) is 5.02 Å². The van der Waals surface area contributed by atoms with Crippen LogP contribution in [-0.4, -0.2) is 28.2 Å². The Morgan fingerprint density at radius 3 is 2.54 bits per heavy atom. The van der Waals surface area contributed by atoms with Gasteiger partial charge in [0.25, 0.3) is 11.7 Å². The maximum atomic E-state index is 12.7. The molecule has 0 radical (unpaired) electrons. The molecule has 0 saturated carbocycles. The minimum Gasteiger partial charge on any atom is -0.507 e. The summed E-state index contributed by atoms with van der Waals surface area (Å²) >= 11 is 5.89. The normalized spacial score (nSPS) is 19.3. The van der Waals surface area contributed by atoms with Gasteiger partial charge in [0.2, 0.25) is 0 Å². The SMILES string of the molecule is CCCCCN1C(=O)C(=O)/C(=C(\O)c2ccc(Cl)cc2)C1c1ccco1. The third-order valence-electron chi connectivity index (χ3n) is 4.47. The number of carbonyl (C=O) groups is 2. The van der Waals surface area contributed by atoms with Crippen LogP contribution in [0, 0.1) is 0 Å². The predicted octanol–water partition coefficient (Wildman–Crippen LogP) is 4.54. The Bertz CT molecular complexity index is 824. The van der Waals surface area contributed by atoms with Crippen LogP contribution in [0.15, 0.2) is 52.7 Å². The van der Waals surface area contributed by atoms with Crippen molar-refractivity contribution in [2.45, 2.75) is 32.2 Å². The van der Waals surface area contributed by atoms with E-state index in [0.29, 0.717) is 22.9 Å². The lowest BCUT2D eigenvalue weighted by Crippen LogP contribution is -2.30. The number of amides is 1. The molecule has 6 heteroatoms. The number of aliphatic hydroxyl groups excluding tert-OH is 1. The molecule has 1 N–H and O–H groups in total. The van der Waals surface area contributed by atoms with Gasteiger partial charge in [-0.15, -0.1) is 0 Å². The Hall–Kier alpha value is -2.53. The highest BCUT2D eigenvalue weighted by Gasteiger charge is 2.47. The molecule has 1 aliphatic heterocycles. The highest BCUT2D eigenvalue weighted by atomic mass is 35.5. The summed E-state index contributed by atoms with van der Waals surface area (Å²) in [6, 6.07) is 9.15. The largest absolute Gasteiger partial charge is 0.507 e. The van der Waals surface area contributed by atoms with Crippen molar-refractivity contribution in [2.75, 3.05) is 6.54 Å². The molecular formula is C20H20ClNO4. The van der Waals surface area contributed by atoms with Crippen LogP contribution in [0.25, 0.3) is 5.76 Å². The van der Waals surface area contributed by atoms with Crippen molar-refractivity contribution >= 4 is 29.1 Å². The molecule has 1 saturated heterocycles. The first-order valence-electron chi connectivity index (χ1n) is 8.62. The van der Waals surface area contributed by atoms with Crippen molar-refractivity contribution in [2.24, 2.45) is 0 Å². The number of hydrogen-bond acceptors (Lipinski definition) is 4. The van der Waals surface area contributed by atoms with Crippen molar-refractivity contribution < 1.29 is 19.1 Å². The van der Waals surface area contributed by atoms with Crippen molar-refractivity contribution in [3.05, 3.63) is 64.6 Å². The number of Topliss-reactive ketones (excluding diaryl/α,β-unsaturated/α-hetero) is 1. The molecule has 1 amide bonds. The Morgan fingerprint density at radius 2 is 1.92 bits per heavy atom. The van der Waals surface area contributed by atoms with Gasteiger partial charge in [-0.25, -0.2) is 0 Å². The molecule has 1 aromatic carbocycles. The number of ketones is 1. The lowest BCUT2D eigenvalue weighted by atomic mass is 9.99. The third-order valence-corrected chi connectivity index (χ3v) is 4.72. The molecule has 136 valence electrons. The molecule has 1 unspecified atom stereocenters. The van der Waals surface area contributed by atoms with Gasteiger partial charge in [0.1, 0.15) is 17.6 Å². The molecule has 5 nitrogen and oxygen atoms in total. The molecule has 1 fully saturated rings. The summed E-state index contributed by atoms with van der Waals surface area (Å²) in [5.41, 5.74) is 0.473.